The lowest BCUT2D eigenvalue weighted by Gasteiger charge is -2.19. The second-order valence-corrected chi connectivity index (χ2v) is 6.17. The molecule has 0 amide bonds. The van der Waals surface area contributed by atoms with E-state index in [1.807, 2.05) is 24.3 Å². The van der Waals surface area contributed by atoms with Crippen LogP contribution >= 0.6 is 11.6 Å². The van der Waals surface area contributed by atoms with Crippen molar-refractivity contribution in [2.75, 3.05) is 6.54 Å². The smallest absolute Gasteiger partial charge is 0.115 e. The Balaban J connectivity index is 1.58. The third-order valence-electron chi connectivity index (χ3n) is 4.04. The second-order valence-electron chi connectivity index (χ2n) is 5.74. The van der Waals surface area contributed by atoms with Gasteiger partial charge in [0.1, 0.15) is 5.75 Å². The third-order valence-corrected chi connectivity index (χ3v) is 4.29. The first-order valence-electron chi connectivity index (χ1n) is 7.49. The molecule has 2 N–H and O–H groups in total. The fourth-order valence-corrected chi connectivity index (χ4v) is 2.82. The van der Waals surface area contributed by atoms with Gasteiger partial charge in [-0.3, -0.25) is 0 Å². The Morgan fingerprint density at radius 3 is 2.33 bits per heavy atom. The van der Waals surface area contributed by atoms with E-state index in [0.717, 1.165) is 23.9 Å². The highest BCUT2D eigenvalue weighted by Crippen LogP contribution is 2.41. The van der Waals surface area contributed by atoms with Crippen LogP contribution in [0.2, 0.25) is 5.02 Å². The van der Waals surface area contributed by atoms with Gasteiger partial charge < -0.3 is 10.4 Å². The van der Waals surface area contributed by atoms with E-state index in [4.69, 9.17) is 11.6 Å². The fourth-order valence-electron chi connectivity index (χ4n) is 2.69. The molecule has 110 valence electrons. The summed E-state index contributed by atoms with van der Waals surface area (Å²) in [5.41, 5.74) is 2.57. The van der Waals surface area contributed by atoms with Crippen LogP contribution in [0.25, 0.3) is 0 Å². The first kappa shape index (κ1) is 14.4. The van der Waals surface area contributed by atoms with Crippen molar-refractivity contribution in [1.82, 2.24) is 5.32 Å². The number of hydrogen-bond acceptors (Lipinski definition) is 2. The molecule has 2 nitrogen and oxygen atoms in total. The van der Waals surface area contributed by atoms with Gasteiger partial charge in [0.15, 0.2) is 0 Å². The summed E-state index contributed by atoms with van der Waals surface area (Å²) in [6, 6.07) is 16.1. The monoisotopic (exact) mass is 301 g/mol. The minimum Gasteiger partial charge on any atom is -0.508 e. The zero-order valence-corrected chi connectivity index (χ0v) is 12.7. The third kappa shape index (κ3) is 3.99. The van der Waals surface area contributed by atoms with Gasteiger partial charge in [-0.1, -0.05) is 35.9 Å². The summed E-state index contributed by atoms with van der Waals surface area (Å²) in [7, 11) is 0. The molecule has 3 heteroatoms. The predicted molar refractivity (Wildman–Crippen MR) is 86.7 cm³/mol. The Kier molecular flexibility index (Phi) is 4.47. The van der Waals surface area contributed by atoms with Gasteiger partial charge >= 0.3 is 0 Å². The van der Waals surface area contributed by atoms with Crippen LogP contribution < -0.4 is 5.32 Å². The molecule has 0 aromatic heterocycles. The Bertz CT molecular complexity index is 575. The molecule has 1 aliphatic rings. The average Bonchev–Trinajstić information content (AvgIpc) is 3.31. The lowest BCUT2D eigenvalue weighted by molar-refractivity contribution is 0.474. The normalized spacial score (nSPS) is 15.9. The number of aromatic hydroxyl groups is 1. The van der Waals surface area contributed by atoms with Gasteiger partial charge in [0.2, 0.25) is 0 Å². The molecule has 0 aliphatic heterocycles. The van der Waals surface area contributed by atoms with E-state index in [0.29, 0.717) is 11.8 Å². The molecule has 0 bridgehead atoms. The number of halogens is 1. The van der Waals surface area contributed by atoms with Crippen molar-refractivity contribution < 1.29 is 5.11 Å². The van der Waals surface area contributed by atoms with Crippen LogP contribution in [0.4, 0.5) is 0 Å². The SMILES string of the molecule is Oc1ccc(CCNC(c2ccc(Cl)cc2)C2CC2)cc1. The topological polar surface area (TPSA) is 32.3 Å². The summed E-state index contributed by atoms with van der Waals surface area (Å²) in [5.74, 6) is 1.08. The number of nitrogens with one attached hydrogen (secondary N) is 1. The molecule has 0 heterocycles. The Labute approximate surface area is 130 Å². The van der Waals surface area contributed by atoms with E-state index >= 15 is 0 Å². The van der Waals surface area contributed by atoms with Gasteiger partial charge in [0.25, 0.3) is 0 Å². The van der Waals surface area contributed by atoms with Crippen LogP contribution in [0.5, 0.6) is 5.75 Å². The van der Waals surface area contributed by atoms with Gasteiger partial charge in [0.05, 0.1) is 0 Å². The quantitative estimate of drug-likeness (QED) is 0.832. The molecule has 2 aromatic carbocycles. The molecule has 1 atom stereocenters. The van der Waals surface area contributed by atoms with E-state index in [1.54, 1.807) is 12.1 Å². The van der Waals surface area contributed by atoms with Crippen LogP contribution in [-0.2, 0) is 6.42 Å². The largest absolute Gasteiger partial charge is 0.508 e. The lowest BCUT2D eigenvalue weighted by Crippen LogP contribution is -2.25. The molecule has 1 aliphatic carbocycles. The summed E-state index contributed by atoms with van der Waals surface area (Å²) in [4.78, 5) is 0. The number of rotatable bonds is 6. The molecule has 3 rings (SSSR count). The maximum absolute atomic E-state index is 9.30. The molecular formula is C18H20ClNO. The minimum atomic E-state index is 0.323. The van der Waals surface area contributed by atoms with Crippen molar-refractivity contribution in [3.63, 3.8) is 0 Å². The van der Waals surface area contributed by atoms with Gasteiger partial charge in [0, 0.05) is 11.1 Å². The maximum atomic E-state index is 9.30. The van der Waals surface area contributed by atoms with E-state index < -0.39 is 0 Å². The Morgan fingerprint density at radius 1 is 1.05 bits per heavy atom. The molecule has 0 spiro atoms. The fraction of sp³-hybridized carbons (Fsp3) is 0.333. The van der Waals surface area contributed by atoms with Gasteiger partial charge in [-0.25, -0.2) is 0 Å². The van der Waals surface area contributed by atoms with Gasteiger partial charge in [-0.2, -0.15) is 0 Å². The molecule has 1 unspecified atom stereocenters. The number of phenols is 1. The Hall–Kier alpha value is -1.51. The van der Waals surface area contributed by atoms with Crippen LogP contribution in [0.1, 0.15) is 30.0 Å². The number of phenolic OH excluding ortho intramolecular Hbond substituents is 1. The first-order valence-corrected chi connectivity index (χ1v) is 7.87. The molecule has 1 saturated carbocycles. The van der Waals surface area contributed by atoms with Crippen LogP contribution in [0, 0.1) is 5.92 Å². The molecule has 21 heavy (non-hydrogen) atoms. The molecule has 1 fully saturated rings. The minimum absolute atomic E-state index is 0.323. The highest BCUT2D eigenvalue weighted by Gasteiger charge is 2.31. The lowest BCUT2D eigenvalue weighted by atomic mass is 10.0. The summed E-state index contributed by atoms with van der Waals surface area (Å²) in [6.45, 7) is 0.939. The highest BCUT2D eigenvalue weighted by molar-refractivity contribution is 6.30. The zero-order chi connectivity index (χ0) is 14.7. The summed E-state index contributed by atoms with van der Waals surface area (Å²) >= 11 is 5.97. The summed E-state index contributed by atoms with van der Waals surface area (Å²) in [6.07, 6.45) is 3.58. The van der Waals surface area contributed by atoms with Crippen molar-refractivity contribution in [3.8, 4) is 5.75 Å². The Morgan fingerprint density at radius 2 is 1.71 bits per heavy atom. The summed E-state index contributed by atoms with van der Waals surface area (Å²) in [5, 5.41) is 13.8. The van der Waals surface area contributed by atoms with E-state index in [9.17, 15) is 5.11 Å². The van der Waals surface area contributed by atoms with Crippen molar-refractivity contribution in [2.45, 2.75) is 25.3 Å². The van der Waals surface area contributed by atoms with E-state index in [1.165, 1.54) is 24.0 Å². The first-order chi connectivity index (χ1) is 10.2. The summed E-state index contributed by atoms with van der Waals surface area (Å²) < 4.78 is 0. The van der Waals surface area contributed by atoms with Gasteiger partial charge in [-0.15, -0.1) is 0 Å². The number of benzene rings is 2. The number of hydrogen-bond donors (Lipinski definition) is 2. The zero-order valence-electron chi connectivity index (χ0n) is 11.9. The van der Waals surface area contributed by atoms with E-state index in [-0.39, 0.29) is 0 Å². The van der Waals surface area contributed by atoms with Gasteiger partial charge in [-0.05, 0) is 67.1 Å². The van der Waals surface area contributed by atoms with Crippen molar-refractivity contribution in [1.29, 1.82) is 0 Å². The maximum Gasteiger partial charge on any atom is 0.115 e. The van der Waals surface area contributed by atoms with Crippen molar-refractivity contribution >= 4 is 11.6 Å². The standard InChI is InChI=1S/C18H20ClNO/c19-16-7-5-15(6-8-16)18(14-3-4-14)20-12-11-13-1-9-17(21)10-2-13/h1-2,5-10,14,18,20-21H,3-4,11-12H2. The molecule has 0 saturated heterocycles. The predicted octanol–water partition coefficient (Wildman–Crippen LogP) is 4.33. The van der Waals surface area contributed by atoms with Crippen molar-refractivity contribution in [2.24, 2.45) is 5.92 Å². The van der Waals surface area contributed by atoms with Crippen LogP contribution in [-0.4, -0.2) is 11.7 Å². The van der Waals surface area contributed by atoms with Crippen LogP contribution in [0.15, 0.2) is 48.5 Å². The molecule has 2 aromatic rings. The van der Waals surface area contributed by atoms with Crippen molar-refractivity contribution in [3.05, 3.63) is 64.7 Å². The highest BCUT2D eigenvalue weighted by atomic mass is 35.5. The second kappa shape index (κ2) is 6.50. The average molecular weight is 302 g/mol. The molecule has 0 radical (unpaired) electrons. The van der Waals surface area contributed by atoms with E-state index in [2.05, 4.69) is 17.4 Å². The molecular weight excluding hydrogens is 282 g/mol. The van der Waals surface area contributed by atoms with Crippen LogP contribution in [0.3, 0.4) is 0 Å².